The molecule has 0 aliphatic rings. The minimum absolute atomic E-state index is 0.0114. The van der Waals surface area contributed by atoms with Gasteiger partial charge in [-0.15, -0.1) is 11.3 Å². The molecule has 0 amide bonds. The lowest BCUT2D eigenvalue weighted by molar-refractivity contribution is 0.0231. The summed E-state index contributed by atoms with van der Waals surface area (Å²) in [6.45, 7) is 0. The molecule has 0 bridgehead atoms. The van der Waals surface area contributed by atoms with Crippen LogP contribution in [-0.2, 0) is 5.92 Å². The SMILES string of the molecule is Nc1nc(SCC(F)(F)c2ccccc2)nc2sccc12. The number of nitrogens with two attached hydrogens (primary N) is 1. The van der Waals surface area contributed by atoms with E-state index in [1.54, 1.807) is 18.2 Å². The van der Waals surface area contributed by atoms with Crippen LogP contribution >= 0.6 is 23.1 Å². The number of fused-ring (bicyclic) bond motifs is 1. The molecule has 0 aliphatic carbocycles. The van der Waals surface area contributed by atoms with E-state index in [0.29, 0.717) is 10.6 Å². The molecule has 3 nitrogen and oxygen atoms in total. The Morgan fingerprint density at radius 1 is 1.14 bits per heavy atom. The second-order valence-electron chi connectivity index (χ2n) is 4.39. The van der Waals surface area contributed by atoms with Crippen LogP contribution in [0.25, 0.3) is 10.2 Å². The Bertz CT molecular complexity index is 759. The minimum Gasteiger partial charge on any atom is -0.383 e. The number of thioether (sulfide) groups is 1. The topological polar surface area (TPSA) is 51.8 Å². The Morgan fingerprint density at radius 3 is 2.67 bits per heavy atom. The molecule has 0 unspecified atom stereocenters. The standard InChI is InChI=1S/C14H11F2N3S2/c15-14(16,9-4-2-1-3-5-9)8-21-13-18-11(17)10-6-7-20-12(10)19-13/h1-7H,8H2,(H2,17,18,19). The number of aromatic nitrogens is 2. The van der Waals surface area contributed by atoms with E-state index in [2.05, 4.69) is 9.97 Å². The third-order valence-corrected chi connectivity index (χ3v) is 4.67. The van der Waals surface area contributed by atoms with Crippen molar-refractivity contribution in [2.24, 2.45) is 0 Å². The average Bonchev–Trinajstić information content (AvgIpc) is 2.95. The van der Waals surface area contributed by atoms with Crippen molar-refractivity contribution in [3.63, 3.8) is 0 Å². The van der Waals surface area contributed by atoms with Crippen molar-refractivity contribution in [3.05, 3.63) is 47.3 Å². The number of nitrogen functional groups attached to an aromatic ring is 1. The second-order valence-corrected chi connectivity index (χ2v) is 6.23. The number of halogens is 2. The number of hydrogen-bond donors (Lipinski definition) is 1. The van der Waals surface area contributed by atoms with E-state index in [1.807, 2.05) is 11.4 Å². The maximum Gasteiger partial charge on any atom is 0.282 e. The van der Waals surface area contributed by atoms with E-state index in [9.17, 15) is 8.78 Å². The Hall–Kier alpha value is -1.73. The molecule has 0 aliphatic heterocycles. The van der Waals surface area contributed by atoms with Gasteiger partial charge in [-0.2, -0.15) is 0 Å². The Balaban J connectivity index is 1.80. The van der Waals surface area contributed by atoms with Crippen LogP contribution < -0.4 is 5.73 Å². The van der Waals surface area contributed by atoms with Gasteiger partial charge in [0.15, 0.2) is 5.16 Å². The predicted molar refractivity (Wildman–Crippen MR) is 82.9 cm³/mol. The van der Waals surface area contributed by atoms with E-state index >= 15 is 0 Å². The molecule has 108 valence electrons. The number of alkyl halides is 2. The molecule has 7 heteroatoms. The van der Waals surface area contributed by atoms with Crippen LogP contribution in [0.2, 0.25) is 0 Å². The summed E-state index contributed by atoms with van der Waals surface area (Å²) >= 11 is 2.32. The molecular weight excluding hydrogens is 312 g/mol. The molecule has 0 saturated carbocycles. The van der Waals surface area contributed by atoms with Crippen LogP contribution in [0.1, 0.15) is 5.56 Å². The fourth-order valence-corrected chi connectivity index (χ4v) is 3.47. The predicted octanol–water partition coefficient (Wildman–Crippen LogP) is 4.16. The summed E-state index contributed by atoms with van der Waals surface area (Å²) in [7, 11) is 0. The highest BCUT2D eigenvalue weighted by molar-refractivity contribution is 7.99. The Kier molecular flexibility index (Phi) is 3.77. The van der Waals surface area contributed by atoms with Crippen LogP contribution in [-0.4, -0.2) is 15.7 Å². The number of benzene rings is 1. The fraction of sp³-hybridized carbons (Fsp3) is 0.143. The Labute approximate surface area is 128 Å². The highest BCUT2D eigenvalue weighted by atomic mass is 32.2. The van der Waals surface area contributed by atoms with Crippen molar-refractivity contribution in [2.75, 3.05) is 11.5 Å². The minimum atomic E-state index is -2.94. The highest BCUT2D eigenvalue weighted by Gasteiger charge is 2.31. The summed E-state index contributed by atoms with van der Waals surface area (Å²) in [5.74, 6) is -3.03. The molecule has 2 aromatic heterocycles. The van der Waals surface area contributed by atoms with E-state index in [1.165, 1.54) is 23.5 Å². The van der Waals surface area contributed by atoms with Crippen molar-refractivity contribution >= 4 is 39.1 Å². The smallest absolute Gasteiger partial charge is 0.282 e. The zero-order valence-electron chi connectivity index (χ0n) is 10.8. The van der Waals surface area contributed by atoms with Crippen LogP contribution in [0.4, 0.5) is 14.6 Å². The summed E-state index contributed by atoms with van der Waals surface area (Å²) in [5.41, 5.74) is 5.80. The molecule has 21 heavy (non-hydrogen) atoms. The highest BCUT2D eigenvalue weighted by Crippen LogP contribution is 2.34. The van der Waals surface area contributed by atoms with Gasteiger partial charge in [0.2, 0.25) is 0 Å². The molecule has 0 atom stereocenters. The number of thiophene rings is 1. The monoisotopic (exact) mass is 323 g/mol. The lowest BCUT2D eigenvalue weighted by atomic mass is 10.1. The first-order valence-corrected chi connectivity index (χ1v) is 8.00. The van der Waals surface area contributed by atoms with Crippen LogP contribution in [0.15, 0.2) is 46.9 Å². The molecule has 1 aromatic carbocycles. The third kappa shape index (κ3) is 2.98. The number of rotatable bonds is 4. The van der Waals surface area contributed by atoms with Crippen LogP contribution in [0, 0.1) is 0 Å². The van der Waals surface area contributed by atoms with Gasteiger partial charge >= 0.3 is 0 Å². The molecule has 0 fully saturated rings. The van der Waals surface area contributed by atoms with E-state index in [-0.39, 0.29) is 10.7 Å². The van der Waals surface area contributed by atoms with Crippen molar-refractivity contribution < 1.29 is 8.78 Å². The van der Waals surface area contributed by atoms with Crippen molar-refractivity contribution in [3.8, 4) is 0 Å². The van der Waals surface area contributed by atoms with Gasteiger partial charge in [0.25, 0.3) is 5.92 Å². The van der Waals surface area contributed by atoms with Crippen LogP contribution in [0.5, 0.6) is 0 Å². The van der Waals surface area contributed by atoms with Crippen LogP contribution in [0.3, 0.4) is 0 Å². The van der Waals surface area contributed by atoms with Gasteiger partial charge in [0.1, 0.15) is 10.6 Å². The maximum absolute atomic E-state index is 14.1. The van der Waals surface area contributed by atoms with Crippen molar-refractivity contribution in [1.29, 1.82) is 0 Å². The average molecular weight is 323 g/mol. The molecule has 0 spiro atoms. The number of anilines is 1. The molecule has 2 heterocycles. The summed E-state index contributed by atoms with van der Waals surface area (Å²) in [6, 6.07) is 9.56. The quantitative estimate of drug-likeness (QED) is 0.579. The fourth-order valence-electron chi connectivity index (χ4n) is 1.84. The van der Waals surface area contributed by atoms with Crippen molar-refractivity contribution in [1.82, 2.24) is 9.97 Å². The second kappa shape index (κ2) is 5.57. The lowest BCUT2D eigenvalue weighted by Crippen LogP contribution is -2.16. The van der Waals surface area contributed by atoms with E-state index in [4.69, 9.17) is 5.73 Å². The normalized spacial score (nSPS) is 11.9. The summed E-state index contributed by atoms with van der Waals surface area (Å²) in [6.07, 6.45) is 0. The summed E-state index contributed by atoms with van der Waals surface area (Å²) in [5, 5.41) is 2.89. The first kappa shape index (κ1) is 14.2. The summed E-state index contributed by atoms with van der Waals surface area (Å²) < 4.78 is 28.2. The van der Waals surface area contributed by atoms with Crippen molar-refractivity contribution in [2.45, 2.75) is 11.1 Å². The van der Waals surface area contributed by atoms with Gasteiger partial charge in [-0.1, -0.05) is 42.1 Å². The van der Waals surface area contributed by atoms with Gasteiger partial charge in [0.05, 0.1) is 11.1 Å². The first-order valence-electron chi connectivity index (χ1n) is 6.13. The van der Waals surface area contributed by atoms with E-state index in [0.717, 1.165) is 17.1 Å². The zero-order chi connectivity index (χ0) is 14.9. The molecular formula is C14H11F2N3S2. The maximum atomic E-state index is 14.1. The first-order chi connectivity index (χ1) is 10.1. The third-order valence-electron chi connectivity index (χ3n) is 2.91. The molecule has 3 aromatic rings. The molecule has 3 rings (SSSR count). The van der Waals surface area contributed by atoms with Gasteiger partial charge in [-0.25, -0.2) is 18.7 Å². The molecule has 0 radical (unpaired) electrons. The Morgan fingerprint density at radius 2 is 1.90 bits per heavy atom. The number of nitrogens with zero attached hydrogens (tertiary/aromatic N) is 2. The van der Waals surface area contributed by atoms with Gasteiger partial charge in [0, 0.05) is 5.56 Å². The lowest BCUT2D eigenvalue weighted by Gasteiger charge is -2.15. The van der Waals surface area contributed by atoms with Gasteiger partial charge < -0.3 is 5.73 Å². The van der Waals surface area contributed by atoms with Gasteiger partial charge in [-0.3, -0.25) is 0 Å². The molecule has 0 saturated heterocycles. The molecule has 2 N–H and O–H groups in total. The van der Waals surface area contributed by atoms with Gasteiger partial charge in [-0.05, 0) is 11.4 Å². The summed E-state index contributed by atoms with van der Waals surface area (Å²) in [4.78, 5) is 9.04. The zero-order valence-corrected chi connectivity index (χ0v) is 12.4. The number of hydrogen-bond acceptors (Lipinski definition) is 5. The largest absolute Gasteiger partial charge is 0.383 e. The van der Waals surface area contributed by atoms with E-state index < -0.39 is 11.7 Å².